The lowest BCUT2D eigenvalue weighted by Gasteiger charge is -2.10. The van der Waals surface area contributed by atoms with Crippen LogP contribution in [0.25, 0.3) is 6.08 Å². The molecule has 20 heavy (non-hydrogen) atoms. The number of carbonyl (C=O) groups is 1. The van der Waals surface area contributed by atoms with Crippen LogP contribution in [0.2, 0.25) is 0 Å². The number of para-hydroxylation sites is 1. The van der Waals surface area contributed by atoms with E-state index in [9.17, 15) is 4.79 Å². The summed E-state index contributed by atoms with van der Waals surface area (Å²) in [6.45, 7) is 3.72. The molecular weight excluding hydrogens is 260 g/mol. The first-order chi connectivity index (χ1) is 9.56. The zero-order valence-electron chi connectivity index (χ0n) is 11.2. The van der Waals surface area contributed by atoms with Gasteiger partial charge in [-0.3, -0.25) is 0 Å². The highest BCUT2D eigenvalue weighted by molar-refractivity contribution is 5.86. The smallest absolute Gasteiger partial charge is 0.328 e. The van der Waals surface area contributed by atoms with Crippen molar-refractivity contribution < 1.29 is 19.1 Å². The van der Waals surface area contributed by atoms with Gasteiger partial charge < -0.3 is 14.3 Å². The molecule has 0 fully saturated rings. The molecule has 0 aliphatic heterocycles. The van der Waals surface area contributed by atoms with Crippen LogP contribution >= 0.6 is 0 Å². The van der Waals surface area contributed by atoms with Gasteiger partial charge in [0.2, 0.25) is 5.89 Å². The maximum Gasteiger partial charge on any atom is 0.328 e. The highest BCUT2D eigenvalue weighted by atomic mass is 16.5. The molecule has 1 heterocycles. The zero-order valence-corrected chi connectivity index (χ0v) is 11.2. The minimum Gasteiger partial charge on any atom is -0.483 e. The summed E-state index contributed by atoms with van der Waals surface area (Å²) in [6.07, 6.45) is 2.56. The summed E-state index contributed by atoms with van der Waals surface area (Å²) in [7, 11) is 0. The highest BCUT2D eigenvalue weighted by Crippen LogP contribution is 2.25. The van der Waals surface area contributed by atoms with Crippen LogP contribution in [-0.4, -0.2) is 21.3 Å². The molecule has 6 nitrogen and oxygen atoms in total. The fraction of sp³-hybridized carbons (Fsp3) is 0.214. The van der Waals surface area contributed by atoms with E-state index in [-0.39, 0.29) is 6.61 Å². The van der Waals surface area contributed by atoms with E-state index in [2.05, 4.69) is 10.2 Å². The van der Waals surface area contributed by atoms with Crippen LogP contribution < -0.4 is 4.74 Å². The first kappa shape index (κ1) is 13.8. The Hall–Kier alpha value is -2.63. The third-order valence-corrected chi connectivity index (χ3v) is 2.56. The summed E-state index contributed by atoms with van der Waals surface area (Å²) in [4.78, 5) is 10.6. The number of ether oxygens (including phenoxy) is 1. The molecule has 0 saturated heterocycles. The first-order valence-electron chi connectivity index (χ1n) is 5.98. The van der Waals surface area contributed by atoms with E-state index in [1.165, 1.54) is 6.08 Å². The van der Waals surface area contributed by atoms with Crippen LogP contribution in [0.4, 0.5) is 0 Å². The molecule has 0 bridgehead atoms. The highest BCUT2D eigenvalue weighted by Gasteiger charge is 2.08. The monoisotopic (exact) mass is 274 g/mol. The summed E-state index contributed by atoms with van der Waals surface area (Å²) in [5, 5.41) is 16.2. The summed E-state index contributed by atoms with van der Waals surface area (Å²) >= 11 is 0. The summed E-state index contributed by atoms with van der Waals surface area (Å²) in [6, 6.07) is 5.49. The fourth-order valence-corrected chi connectivity index (χ4v) is 1.69. The molecule has 1 aromatic carbocycles. The Morgan fingerprint density at radius 1 is 1.40 bits per heavy atom. The molecular formula is C14H14N2O4. The maximum atomic E-state index is 10.6. The molecule has 1 aromatic heterocycles. The third kappa shape index (κ3) is 3.44. The van der Waals surface area contributed by atoms with Gasteiger partial charge >= 0.3 is 5.97 Å². The number of carboxylic acid groups (broad SMARTS) is 1. The Kier molecular flexibility index (Phi) is 4.14. The van der Waals surface area contributed by atoms with Gasteiger partial charge in [-0.25, -0.2) is 4.79 Å². The molecule has 0 atom stereocenters. The van der Waals surface area contributed by atoms with E-state index in [1.807, 2.05) is 19.1 Å². The lowest BCUT2D eigenvalue weighted by atomic mass is 10.1. The van der Waals surface area contributed by atoms with Crippen molar-refractivity contribution in [2.24, 2.45) is 0 Å². The largest absolute Gasteiger partial charge is 0.483 e. The van der Waals surface area contributed by atoms with Gasteiger partial charge in [-0.05, 0) is 18.6 Å². The molecule has 2 rings (SSSR count). The SMILES string of the molecule is Cc1nnc(COc2c(C)cccc2/C=C/C(=O)O)o1. The minimum atomic E-state index is -1.01. The molecule has 1 N–H and O–H groups in total. The second kappa shape index (κ2) is 6.01. The molecule has 0 aliphatic rings. The van der Waals surface area contributed by atoms with Gasteiger partial charge in [0.05, 0.1) is 0 Å². The molecule has 0 radical (unpaired) electrons. The lowest BCUT2D eigenvalue weighted by molar-refractivity contribution is -0.131. The van der Waals surface area contributed by atoms with Gasteiger partial charge in [0.15, 0.2) is 6.61 Å². The Labute approximate surface area is 115 Å². The van der Waals surface area contributed by atoms with E-state index in [0.29, 0.717) is 23.1 Å². The third-order valence-electron chi connectivity index (χ3n) is 2.56. The van der Waals surface area contributed by atoms with Crippen LogP contribution in [-0.2, 0) is 11.4 Å². The first-order valence-corrected chi connectivity index (χ1v) is 5.98. The topological polar surface area (TPSA) is 85.5 Å². The van der Waals surface area contributed by atoms with E-state index < -0.39 is 5.97 Å². The maximum absolute atomic E-state index is 10.6. The van der Waals surface area contributed by atoms with Crippen LogP contribution in [0.1, 0.15) is 22.9 Å². The second-order valence-corrected chi connectivity index (χ2v) is 4.17. The fourth-order valence-electron chi connectivity index (χ4n) is 1.69. The van der Waals surface area contributed by atoms with Crippen LogP contribution in [0, 0.1) is 13.8 Å². The average molecular weight is 274 g/mol. The Bertz CT molecular complexity index is 646. The predicted octanol–water partition coefficient (Wildman–Crippen LogP) is 2.36. The molecule has 104 valence electrons. The number of hydrogen-bond donors (Lipinski definition) is 1. The van der Waals surface area contributed by atoms with E-state index in [1.54, 1.807) is 13.0 Å². The quantitative estimate of drug-likeness (QED) is 0.842. The number of hydrogen-bond acceptors (Lipinski definition) is 5. The second-order valence-electron chi connectivity index (χ2n) is 4.17. The Morgan fingerprint density at radius 2 is 2.20 bits per heavy atom. The molecule has 6 heteroatoms. The number of benzene rings is 1. The Morgan fingerprint density at radius 3 is 2.85 bits per heavy atom. The Balaban J connectivity index is 2.19. The summed E-state index contributed by atoms with van der Waals surface area (Å²) in [5.41, 5.74) is 1.58. The standard InChI is InChI=1S/C14H14N2O4/c1-9-4-3-5-11(6-7-13(17)18)14(9)19-8-12-16-15-10(2)20-12/h3-7H,8H2,1-2H3,(H,17,18)/b7-6+. The average Bonchev–Trinajstić information content (AvgIpc) is 2.81. The number of nitrogens with zero attached hydrogens (tertiary/aromatic N) is 2. The number of aliphatic carboxylic acids is 1. The van der Waals surface area contributed by atoms with Crippen molar-refractivity contribution >= 4 is 12.0 Å². The van der Waals surface area contributed by atoms with Crippen LogP contribution in [0.5, 0.6) is 5.75 Å². The van der Waals surface area contributed by atoms with Gasteiger partial charge in [0, 0.05) is 18.6 Å². The normalized spacial score (nSPS) is 10.9. The number of aromatic nitrogens is 2. The van der Waals surface area contributed by atoms with Crippen molar-refractivity contribution in [2.45, 2.75) is 20.5 Å². The zero-order chi connectivity index (χ0) is 14.5. The molecule has 2 aromatic rings. The molecule has 0 saturated carbocycles. The number of aryl methyl sites for hydroxylation is 2. The van der Waals surface area contributed by atoms with E-state index in [4.69, 9.17) is 14.3 Å². The van der Waals surface area contributed by atoms with Crippen LogP contribution in [0.3, 0.4) is 0 Å². The van der Waals surface area contributed by atoms with Gasteiger partial charge in [-0.2, -0.15) is 0 Å². The van der Waals surface area contributed by atoms with Crippen molar-refractivity contribution in [2.75, 3.05) is 0 Å². The van der Waals surface area contributed by atoms with Crippen molar-refractivity contribution in [3.63, 3.8) is 0 Å². The van der Waals surface area contributed by atoms with E-state index >= 15 is 0 Å². The van der Waals surface area contributed by atoms with Gasteiger partial charge in [0.1, 0.15) is 5.75 Å². The van der Waals surface area contributed by atoms with Crippen molar-refractivity contribution in [1.29, 1.82) is 0 Å². The van der Waals surface area contributed by atoms with Gasteiger partial charge in [-0.1, -0.05) is 18.2 Å². The molecule has 0 aliphatic carbocycles. The van der Waals surface area contributed by atoms with Gasteiger partial charge in [-0.15, -0.1) is 10.2 Å². The van der Waals surface area contributed by atoms with E-state index in [0.717, 1.165) is 11.6 Å². The predicted molar refractivity (Wildman–Crippen MR) is 71.2 cm³/mol. The van der Waals surface area contributed by atoms with Gasteiger partial charge in [0.25, 0.3) is 5.89 Å². The lowest BCUT2D eigenvalue weighted by Crippen LogP contribution is -1.99. The number of carboxylic acids is 1. The number of rotatable bonds is 5. The molecule has 0 amide bonds. The van der Waals surface area contributed by atoms with Crippen molar-refractivity contribution in [1.82, 2.24) is 10.2 Å². The van der Waals surface area contributed by atoms with Crippen LogP contribution in [0.15, 0.2) is 28.7 Å². The minimum absolute atomic E-state index is 0.138. The molecule has 0 unspecified atom stereocenters. The van der Waals surface area contributed by atoms with Crippen molar-refractivity contribution in [3.05, 3.63) is 47.2 Å². The summed E-state index contributed by atoms with van der Waals surface area (Å²) < 4.78 is 10.9. The van der Waals surface area contributed by atoms with Crippen molar-refractivity contribution in [3.8, 4) is 5.75 Å². The summed E-state index contributed by atoms with van der Waals surface area (Å²) in [5.74, 6) is 0.434. The molecule has 0 spiro atoms.